The number of aryl methyl sites for hydroxylation is 2. The lowest BCUT2D eigenvalue weighted by atomic mass is 10.0. The van der Waals surface area contributed by atoms with Gasteiger partial charge in [-0.3, -0.25) is 4.99 Å². The van der Waals surface area contributed by atoms with Crippen molar-refractivity contribution in [2.45, 2.75) is 45.4 Å². The quantitative estimate of drug-likeness (QED) is 0.766. The first-order valence-corrected chi connectivity index (χ1v) is 9.09. The molecule has 1 aromatic heterocycles. The minimum absolute atomic E-state index is 0.789. The molecule has 2 aliphatic carbocycles. The third kappa shape index (κ3) is 3.11. The molecule has 0 aromatic carbocycles. The Hall–Kier alpha value is -0.610. The van der Waals surface area contributed by atoms with Gasteiger partial charge >= 0.3 is 0 Å². The van der Waals surface area contributed by atoms with E-state index in [0.717, 1.165) is 17.3 Å². The molecule has 0 amide bonds. The second-order valence-electron chi connectivity index (χ2n) is 5.32. The van der Waals surface area contributed by atoms with Gasteiger partial charge in [-0.05, 0) is 57.6 Å². The second kappa shape index (κ2) is 5.80. The van der Waals surface area contributed by atoms with Gasteiger partial charge in [-0.1, -0.05) is 0 Å². The van der Waals surface area contributed by atoms with E-state index < -0.39 is 0 Å². The molecule has 0 radical (unpaired) electrons. The molecular formula is C15H20N2S2. The summed E-state index contributed by atoms with van der Waals surface area (Å²) in [5, 5.41) is 1.09. The van der Waals surface area contributed by atoms with Gasteiger partial charge in [0, 0.05) is 15.5 Å². The van der Waals surface area contributed by atoms with Crippen LogP contribution in [0, 0.1) is 5.92 Å². The SMILES string of the molecule is CS/C(=C(/C)N=Cc1nc2c(s1)CCCC2)C1CC1. The van der Waals surface area contributed by atoms with E-state index in [2.05, 4.69) is 18.2 Å². The molecule has 0 spiro atoms. The first-order valence-electron chi connectivity index (χ1n) is 7.05. The van der Waals surface area contributed by atoms with Crippen molar-refractivity contribution in [2.75, 3.05) is 6.26 Å². The third-order valence-electron chi connectivity index (χ3n) is 3.76. The van der Waals surface area contributed by atoms with Crippen LogP contribution >= 0.6 is 23.1 Å². The van der Waals surface area contributed by atoms with Crippen LogP contribution in [0.25, 0.3) is 0 Å². The zero-order valence-corrected chi connectivity index (χ0v) is 13.2. The zero-order chi connectivity index (χ0) is 13.2. The highest BCUT2D eigenvalue weighted by Gasteiger charge is 2.27. The van der Waals surface area contributed by atoms with Gasteiger partial charge in [0.05, 0.1) is 11.9 Å². The molecule has 0 bridgehead atoms. The van der Waals surface area contributed by atoms with Crippen molar-refractivity contribution in [1.82, 2.24) is 4.98 Å². The van der Waals surface area contributed by atoms with Crippen LogP contribution in [0.2, 0.25) is 0 Å². The van der Waals surface area contributed by atoms with E-state index in [4.69, 9.17) is 4.98 Å². The van der Waals surface area contributed by atoms with Crippen molar-refractivity contribution in [1.29, 1.82) is 0 Å². The van der Waals surface area contributed by atoms with E-state index in [1.807, 2.05) is 29.3 Å². The zero-order valence-electron chi connectivity index (χ0n) is 11.6. The van der Waals surface area contributed by atoms with Crippen LogP contribution in [-0.2, 0) is 12.8 Å². The normalized spacial score (nSPS) is 20.5. The maximum Gasteiger partial charge on any atom is 0.134 e. The molecule has 0 unspecified atom stereocenters. The Bertz CT molecular complexity index is 501. The maximum absolute atomic E-state index is 4.71. The summed E-state index contributed by atoms with van der Waals surface area (Å²) in [5.41, 5.74) is 2.51. The van der Waals surface area contributed by atoms with Gasteiger partial charge in [-0.15, -0.1) is 23.1 Å². The van der Waals surface area contributed by atoms with Crippen LogP contribution in [0.3, 0.4) is 0 Å². The molecule has 2 aliphatic rings. The lowest BCUT2D eigenvalue weighted by Gasteiger charge is -2.06. The molecule has 4 heteroatoms. The van der Waals surface area contributed by atoms with Crippen LogP contribution < -0.4 is 0 Å². The summed E-state index contributed by atoms with van der Waals surface area (Å²) >= 11 is 3.69. The molecule has 1 heterocycles. The standard InChI is InChI=1S/C15H20N2S2/c1-10(15(18-2)11-7-8-11)16-9-14-17-12-5-3-4-6-13(12)19-14/h9,11H,3-8H2,1-2H3/b15-10-,16-9?. The summed E-state index contributed by atoms with van der Waals surface area (Å²) in [6.45, 7) is 2.13. The van der Waals surface area contributed by atoms with Crippen molar-refractivity contribution in [3.05, 3.63) is 26.2 Å². The highest BCUT2D eigenvalue weighted by atomic mass is 32.2. The molecular weight excluding hydrogens is 272 g/mol. The van der Waals surface area contributed by atoms with Crippen LogP contribution in [0.5, 0.6) is 0 Å². The van der Waals surface area contributed by atoms with Gasteiger partial charge in [0.25, 0.3) is 0 Å². The van der Waals surface area contributed by atoms with Gasteiger partial charge in [-0.25, -0.2) is 4.98 Å². The Morgan fingerprint density at radius 3 is 2.84 bits per heavy atom. The lowest BCUT2D eigenvalue weighted by Crippen LogP contribution is -1.99. The molecule has 1 saturated carbocycles. The van der Waals surface area contributed by atoms with Gasteiger partial charge in [0.2, 0.25) is 0 Å². The first kappa shape index (κ1) is 13.4. The molecule has 0 N–H and O–H groups in total. The monoisotopic (exact) mass is 292 g/mol. The predicted octanol–water partition coefficient (Wildman–Crippen LogP) is 4.45. The van der Waals surface area contributed by atoms with Crippen molar-refractivity contribution in [2.24, 2.45) is 10.9 Å². The summed E-state index contributed by atoms with van der Waals surface area (Å²) in [5.74, 6) is 0.789. The summed E-state index contributed by atoms with van der Waals surface area (Å²) < 4.78 is 0. The molecule has 102 valence electrons. The number of rotatable bonds is 4. The number of hydrogen-bond acceptors (Lipinski definition) is 4. The predicted molar refractivity (Wildman–Crippen MR) is 85.3 cm³/mol. The number of aromatic nitrogens is 1. The van der Waals surface area contributed by atoms with Crippen LogP contribution in [0.1, 0.15) is 48.2 Å². The van der Waals surface area contributed by atoms with Gasteiger partial charge in [-0.2, -0.15) is 0 Å². The molecule has 0 saturated heterocycles. The molecule has 19 heavy (non-hydrogen) atoms. The minimum Gasteiger partial charge on any atom is -0.258 e. The average molecular weight is 292 g/mol. The van der Waals surface area contributed by atoms with Gasteiger partial charge in [0.1, 0.15) is 5.01 Å². The number of hydrogen-bond donors (Lipinski definition) is 0. The fourth-order valence-electron chi connectivity index (χ4n) is 2.60. The summed E-state index contributed by atoms with van der Waals surface area (Å²) in [6, 6.07) is 0. The number of allylic oxidation sites excluding steroid dienone is 2. The molecule has 0 atom stereocenters. The fourth-order valence-corrected chi connectivity index (χ4v) is 4.54. The molecule has 0 aliphatic heterocycles. The first-order chi connectivity index (χ1) is 9.28. The highest BCUT2D eigenvalue weighted by molar-refractivity contribution is 8.02. The smallest absolute Gasteiger partial charge is 0.134 e. The van der Waals surface area contributed by atoms with Gasteiger partial charge < -0.3 is 0 Å². The van der Waals surface area contributed by atoms with E-state index in [1.165, 1.54) is 53.3 Å². The summed E-state index contributed by atoms with van der Waals surface area (Å²) in [7, 11) is 0. The van der Waals surface area contributed by atoms with Crippen molar-refractivity contribution >= 4 is 29.3 Å². The maximum atomic E-state index is 4.71. The fraction of sp³-hybridized carbons (Fsp3) is 0.600. The summed E-state index contributed by atoms with van der Waals surface area (Å²) in [6.07, 6.45) is 11.8. The van der Waals surface area contributed by atoms with E-state index in [0.29, 0.717) is 0 Å². The van der Waals surface area contributed by atoms with Crippen LogP contribution in [0.4, 0.5) is 0 Å². The number of nitrogens with zero attached hydrogens (tertiary/aromatic N) is 2. The average Bonchev–Trinajstić information content (AvgIpc) is 3.16. The lowest BCUT2D eigenvalue weighted by molar-refractivity contribution is 0.682. The van der Waals surface area contributed by atoms with E-state index in [-0.39, 0.29) is 0 Å². The Kier molecular flexibility index (Phi) is 4.08. The number of fused-ring (bicyclic) bond motifs is 1. The molecule has 1 aromatic rings. The number of thiazole rings is 1. The Morgan fingerprint density at radius 1 is 1.37 bits per heavy atom. The largest absolute Gasteiger partial charge is 0.258 e. The van der Waals surface area contributed by atoms with Crippen molar-refractivity contribution in [3.8, 4) is 0 Å². The van der Waals surface area contributed by atoms with Crippen LogP contribution in [0.15, 0.2) is 15.6 Å². The van der Waals surface area contributed by atoms with Gasteiger partial charge in [0.15, 0.2) is 0 Å². The molecule has 2 nitrogen and oxygen atoms in total. The molecule has 1 fully saturated rings. The Balaban J connectivity index is 1.76. The topological polar surface area (TPSA) is 25.2 Å². The number of thioether (sulfide) groups is 1. The van der Waals surface area contributed by atoms with Crippen molar-refractivity contribution < 1.29 is 0 Å². The van der Waals surface area contributed by atoms with Crippen LogP contribution in [-0.4, -0.2) is 17.5 Å². The van der Waals surface area contributed by atoms with E-state index in [9.17, 15) is 0 Å². The molecule has 3 rings (SSSR count). The Morgan fingerprint density at radius 2 is 2.16 bits per heavy atom. The van der Waals surface area contributed by atoms with E-state index >= 15 is 0 Å². The van der Waals surface area contributed by atoms with Crippen molar-refractivity contribution in [3.63, 3.8) is 0 Å². The second-order valence-corrected chi connectivity index (χ2v) is 7.28. The van der Waals surface area contributed by atoms with E-state index in [1.54, 1.807) is 0 Å². The number of aliphatic imine (C=N–C) groups is 1. The minimum atomic E-state index is 0.789. The third-order valence-corrected chi connectivity index (χ3v) is 5.92. The highest BCUT2D eigenvalue weighted by Crippen LogP contribution is 2.43. The Labute approximate surface area is 123 Å². The summed E-state index contributed by atoms with van der Waals surface area (Å²) in [4.78, 5) is 12.3.